The summed E-state index contributed by atoms with van der Waals surface area (Å²) in [7, 11) is 0. The van der Waals surface area contributed by atoms with Crippen molar-refractivity contribution in [2.45, 2.75) is 13.8 Å². The highest BCUT2D eigenvalue weighted by Crippen LogP contribution is 2.04. The first-order valence-corrected chi connectivity index (χ1v) is 2.76. The fourth-order valence-corrected chi connectivity index (χ4v) is 0.453. The van der Waals surface area contributed by atoms with Gasteiger partial charge < -0.3 is 5.11 Å². The van der Waals surface area contributed by atoms with E-state index in [2.05, 4.69) is 13.2 Å². The average molecular weight is 124 g/mol. The van der Waals surface area contributed by atoms with Crippen LogP contribution in [0.3, 0.4) is 0 Å². The highest BCUT2D eigenvalue weighted by Gasteiger charge is 1.89. The summed E-state index contributed by atoms with van der Waals surface area (Å²) in [5.41, 5.74) is 1.69. The Morgan fingerprint density at radius 1 is 1.33 bits per heavy atom. The Bertz CT molecular complexity index is 163. The van der Waals surface area contributed by atoms with Gasteiger partial charge in [-0.3, -0.25) is 0 Å². The molecule has 0 heterocycles. The van der Waals surface area contributed by atoms with E-state index in [0.29, 0.717) is 0 Å². The zero-order valence-corrected chi connectivity index (χ0v) is 5.94. The Balaban J connectivity index is 4.17. The first-order valence-electron chi connectivity index (χ1n) is 2.76. The van der Waals surface area contributed by atoms with Crippen LogP contribution < -0.4 is 0 Å². The number of aliphatic hydroxyl groups is 1. The Morgan fingerprint density at radius 2 is 1.78 bits per heavy atom. The fourth-order valence-electron chi connectivity index (χ4n) is 0.453. The largest absolute Gasteiger partial charge is 0.508 e. The van der Waals surface area contributed by atoms with Crippen LogP contribution in [0.2, 0.25) is 0 Å². The van der Waals surface area contributed by atoms with E-state index in [9.17, 15) is 0 Å². The van der Waals surface area contributed by atoms with Gasteiger partial charge in [0.1, 0.15) is 5.76 Å². The molecule has 0 spiro atoms. The van der Waals surface area contributed by atoms with E-state index >= 15 is 0 Å². The van der Waals surface area contributed by atoms with Gasteiger partial charge in [0.25, 0.3) is 0 Å². The van der Waals surface area contributed by atoms with Crippen LogP contribution in [0.5, 0.6) is 0 Å². The summed E-state index contributed by atoms with van der Waals surface area (Å²) < 4.78 is 0. The van der Waals surface area contributed by atoms with Crippen molar-refractivity contribution in [3.63, 3.8) is 0 Å². The molecule has 0 radical (unpaired) electrons. The molecule has 0 fully saturated rings. The lowest BCUT2D eigenvalue weighted by atomic mass is 10.2. The summed E-state index contributed by atoms with van der Waals surface area (Å²) >= 11 is 0. The standard InChI is InChI=1S/C8H12O/c1-6(2)5-7(3)8(4)9/h5,9H,1,4H2,2-3H3/b7-5-. The van der Waals surface area contributed by atoms with Crippen LogP contribution in [-0.2, 0) is 0 Å². The number of hydrogen-bond acceptors (Lipinski definition) is 1. The van der Waals surface area contributed by atoms with Crippen molar-refractivity contribution in [1.82, 2.24) is 0 Å². The lowest BCUT2D eigenvalue weighted by Crippen LogP contribution is -1.79. The van der Waals surface area contributed by atoms with Gasteiger partial charge in [-0.05, 0) is 19.4 Å². The molecular formula is C8H12O. The summed E-state index contributed by atoms with van der Waals surface area (Å²) in [5.74, 6) is 0.109. The molecule has 0 aromatic carbocycles. The fraction of sp³-hybridized carbons (Fsp3) is 0.250. The molecule has 0 aliphatic heterocycles. The molecule has 0 aromatic rings. The van der Waals surface area contributed by atoms with Crippen LogP contribution in [0.15, 0.2) is 36.1 Å². The summed E-state index contributed by atoms with van der Waals surface area (Å²) in [5, 5.41) is 8.77. The predicted molar refractivity (Wildman–Crippen MR) is 40.3 cm³/mol. The third-order valence-corrected chi connectivity index (χ3v) is 0.918. The van der Waals surface area contributed by atoms with Gasteiger partial charge >= 0.3 is 0 Å². The van der Waals surface area contributed by atoms with Crippen molar-refractivity contribution in [3.05, 3.63) is 36.1 Å². The Hall–Kier alpha value is -0.980. The van der Waals surface area contributed by atoms with Gasteiger partial charge in [-0.15, -0.1) is 0 Å². The van der Waals surface area contributed by atoms with Crippen molar-refractivity contribution in [2.24, 2.45) is 0 Å². The molecule has 0 aliphatic rings. The van der Waals surface area contributed by atoms with Crippen LogP contribution in [0.4, 0.5) is 0 Å². The van der Waals surface area contributed by atoms with E-state index in [-0.39, 0.29) is 5.76 Å². The maximum absolute atomic E-state index is 8.77. The second-order valence-corrected chi connectivity index (χ2v) is 2.12. The van der Waals surface area contributed by atoms with Crippen molar-refractivity contribution in [3.8, 4) is 0 Å². The van der Waals surface area contributed by atoms with Crippen molar-refractivity contribution in [2.75, 3.05) is 0 Å². The van der Waals surface area contributed by atoms with Gasteiger partial charge in [0, 0.05) is 0 Å². The minimum Gasteiger partial charge on any atom is -0.508 e. The molecule has 1 heteroatoms. The highest BCUT2D eigenvalue weighted by molar-refractivity contribution is 5.27. The Morgan fingerprint density at radius 3 is 1.89 bits per heavy atom. The highest BCUT2D eigenvalue weighted by atomic mass is 16.3. The number of aliphatic hydroxyl groups excluding tert-OH is 1. The smallest absolute Gasteiger partial charge is 0.111 e. The van der Waals surface area contributed by atoms with Crippen molar-refractivity contribution < 1.29 is 5.11 Å². The molecule has 0 aromatic heterocycles. The topological polar surface area (TPSA) is 20.2 Å². The summed E-state index contributed by atoms with van der Waals surface area (Å²) in [4.78, 5) is 0. The molecule has 0 atom stereocenters. The van der Waals surface area contributed by atoms with Gasteiger partial charge in [0.15, 0.2) is 0 Å². The van der Waals surface area contributed by atoms with Gasteiger partial charge in [-0.25, -0.2) is 0 Å². The molecule has 1 N–H and O–H groups in total. The average Bonchev–Trinajstić information content (AvgIpc) is 1.63. The molecular weight excluding hydrogens is 112 g/mol. The minimum atomic E-state index is 0.109. The monoisotopic (exact) mass is 124 g/mol. The van der Waals surface area contributed by atoms with E-state index in [1.54, 1.807) is 13.0 Å². The molecule has 9 heavy (non-hydrogen) atoms. The third kappa shape index (κ3) is 3.59. The second-order valence-electron chi connectivity index (χ2n) is 2.12. The van der Waals surface area contributed by atoms with Crippen LogP contribution in [-0.4, -0.2) is 5.11 Å². The SMILES string of the molecule is C=C(C)/C=C(/C)C(=C)O. The van der Waals surface area contributed by atoms with E-state index < -0.39 is 0 Å². The van der Waals surface area contributed by atoms with Gasteiger partial charge in [0.05, 0.1) is 0 Å². The summed E-state index contributed by atoms with van der Waals surface area (Å²) in [6, 6.07) is 0. The van der Waals surface area contributed by atoms with Crippen LogP contribution >= 0.6 is 0 Å². The number of allylic oxidation sites excluding steroid dienone is 3. The van der Waals surface area contributed by atoms with Gasteiger partial charge in [-0.2, -0.15) is 0 Å². The molecule has 0 amide bonds. The minimum absolute atomic E-state index is 0.109. The molecule has 0 bridgehead atoms. The molecule has 0 saturated carbocycles. The summed E-state index contributed by atoms with van der Waals surface area (Å²) in [6.45, 7) is 10.7. The zero-order chi connectivity index (χ0) is 7.44. The maximum Gasteiger partial charge on any atom is 0.111 e. The molecule has 50 valence electrons. The van der Waals surface area contributed by atoms with Gasteiger partial charge in [-0.1, -0.05) is 24.8 Å². The third-order valence-electron chi connectivity index (χ3n) is 0.918. The first kappa shape index (κ1) is 8.02. The number of rotatable bonds is 2. The quantitative estimate of drug-likeness (QED) is 0.443. The first-order chi connectivity index (χ1) is 4.04. The van der Waals surface area contributed by atoms with E-state index in [1.807, 2.05) is 6.92 Å². The van der Waals surface area contributed by atoms with Gasteiger partial charge in [0.2, 0.25) is 0 Å². The molecule has 0 aliphatic carbocycles. The Labute approximate surface area is 56.0 Å². The van der Waals surface area contributed by atoms with Crippen LogP contribution in [0, 0.1) is 0 Å². The molecule has 0 rings (SSSR count). The molecule has 0 unspecified atom stereocenters. The lowest BCUT2D eigenvalue weighted by molar-refractivity contribution is 0.426. The van der Waals surface area contributed by atoms with Crippen LogP contribution in [0.1, 0.15) is 13.8 Å². The Kier molecular flexibility index (Phi) is 2.79. The zero-order valence-electron chi connectivity index (χ0n) is 5.94. The van der Waals surface area contributed by atoms with Crippen molar-refractivity contribution in [1.29, 1.82) is 0 Å². The van der Waals surface area contributed by atoms with E-state index in [1.165, 1.54) is 0 Å². The lowest BCUT2D eigenvalue weighted by Gasteiger charge is -1.95. The normalized spacial score (nSPS) is 11.1. The predicted octanol–water partition coefficient (Wildman–Crippen LogP) is 2.58. The van der Waals surface area contributed by atoms with Crippen molar-refractivity contribution >= 4 is 0 Å². The maximum atomic E-state index is 8.77. The number of hydrogen-bond donors (Lipinski definition) is 1. The van der Waals surface area contributed by atoms with E-state index in [4.69, 9.17) is 5.11 Å². The summed E-state index contributed by atoms with van der Waals surface area (Å²) in [6.07, 6.45) is 1.78. The van der Waals surface area contributed by atoms with E-state index in [0.717, 1.165) is 11.1 Å². The molecule has 1 nitrogen and oxygen atoms in total. The molecule has 0 saturated heterocycles. The van der Waals surface area contributed by atoms with Crippen LogP contribution in [0.25, 0.3) is 0 Å². The second kappa shape index (κ2) is 3.13.